The van der Waals surface area contributed by atoms with Crippen LogP contribution in [0.4, 0.5) is 4.39 Å². The van der Waals surface area contributed by atoms with E-state index in [1.54, 1.807) is 18.3 Å². The fraction of sp³-hybridized carbons (Fsp3) is 0.541. The number of hydrogen-bond acceptors (Lipinski definition) is 8. The number of hydrogen-bond donors (Lipinski definition) is 1. The molecule has 4 aromatic rings. The normalized spacial score (nSPS) is 12.8. The molecule has 14 heteroatoms. The summed E-state index contributed by atoms with van der Waals surface area (Å²) < 4.78 is 42.9. The van der Waals surface area contributed by atoms with Gasteiger partial charge in [-0.3, -0.25) is 0 Å². The molecule has 0 saturated carbocycles. The number of fused-ring (bicyclic) bond motifs is 1. The monoisotopic (exact) mass is 755 g/mol. The van der Waals surface area contributed by atoms with Gasteiger partial charge in [0.25, 0.3) is 0 Å². The largest absolute Gasteiger partial charge is 0.464 e. The molecule has 0 aliphatic rings. The molecular weight excluding hydrogens is 698 g/mol. The minimum Gasteiger partial charge on any atom is -0.464 e. The Morgan fingerprint density at radius 3 is 2.08 bits per heavy atom. The van der Waals surface area contributed by atoms with Gasteiger partial charge >= 0.3 is 0 Å². The fourth-order valence-electron chi connectivity index (χ4n) is 5.33. The van der Waals surface area contributed by atoms with Gasteiger partial charge in [-0.2, -0.15) is 5.10 Å². The highest BCUT2D eigenvalue weighted by molar-refractivity contribution is 6.76. The summed E-state index contributed by atoms with van der Waals surface area (Å²) >= 11 is 0. The predicted octanol–water partition coefficient (Wildman–Crippen LogP) is 9.39. The topological polar surface area (TPSA) is 105 Å². The zero-order valence-electron chi connectivity index (χ0n) is 32.3. The summed E-state index contributed by atoms with van der Waals surface area (Å²) in [6.45, 7) is 25.3. The van der Waals surface area contributed by atoms with Crippen molar-refractivity contribution in [3.63, 3.8) is 0 Å². The summed E-state index contributed by atoms with van der Waals surface area (Å²) in [5.41, 5.74) is 4.58. The van der Waals surface area contributed by atoms with Crippen LogP contribution in [0, 0.1) is 5.82 Å². The molecule has 51 heavy (non-hydrogen) atoms. The maximum absolute atomic E-state index is 15.5. The molecule has 0 aliphatic carbocycles. The van der Waals surface area contributed by atoms with Gasteiger partial charge in [0.05, 0.1) is 11.7 Å². The zero-order valence-corrected chi connectivity index (χ0v) is 35.3. The van der Waals surface area contributed by atoms with Gasteiger partial charge in [0.1, 0.15) is 24.8 Å². The number of oxime groups is 1. The van der Waals surface area contributed by atoms with E-state index < -0.39 is 30.0 Å². The minimum atomic E-state index is -1.30. The van der Waals surface area contributed by atoms with Crippen molar-refractivity contribution in [1.29, 1.82) is 0 Å². The Morgan fingerprint density at radius 1 is 0.843 bits per heavy atom. The Balaban J connectivity index is 1.70. The summed E-state index contributed by atoms with van der Waals surface area (Å²) in [5, 5.41) is 18.4. The number of imidazole rings is 1. The van der Waals surface area contributed by atoms with Crippen LogP contribution in [0.15, 0.2) is 41.7 Å². The van der Waals surface area contributed by atoms with Gasteiger partial charge in [0.15, 0.2) is 24.2 Å². The minimum absolute atomic E-state index is 0.0144. The lowest BCUT2D eigenvalue weighted by atomic mass is 9.96. The van der Waals surface area contributed by atoms with Gasteiger partial charge in [-0.15, -0.1) is 0 Å². The van der Waals surface area contributed by atoms with Crippen LogP contribution in [0.1, 0.15) is 18.2 Å². The molecular formula is C37H58FN5O5Si3. The zero-order chi connectivity index (χ0) is 37.4. The van der Waals surface area contributed by atoms with E-state index in [9.17, 15) is 5.21 Å². The molecule has 0 amide bonds. The Labute approximate surface area is 306 Å². The molecule has 4 rings (SSSR count). The number of aromatic nitrogens is 4. The first kappa shape index (κ1) is 40.6. The second kappa shape index (κ2) is 17.6. The van der Waals surface area contributed by atoms with E-state index in [1.165, 1.54) is 6.21 Å². The second-order valence-electron chi connectivity index (χ2n) is 16.8. The lowest BCUT2D eigenvalue weighted by Crippen LogP contribution is -2.22. The Hall–Kier alpha value is -3.15. The van der Waals surface area contributed by atoms with Crippen LogP contribution in [-0.4, -0.2) is 81.6 Å². The molecule has 0 saturated heterocycles. The summed E-state index contributed by atoms with van der Waals surface area (Å²) in [6.07, 6.45) is 3.78. The van der Waals surface area contributed by atoms with Crippen molar-refractivity contribution >= 4 is 41.3 Å². The number of halogens is 1. The highest BCUT2D eigenvalue weighted by Gasteiger charge is 2.22. The van der Waals surface area contributed by atoms with Crippen molar-refractivity contribution in [2.24, 2.45) is 5.16 Å². The molecule has 1 N–H and O–H groups in total. The summed E-state index contributed by atoms with van der Waals surface area (Å²) in [5.74, 6) is 0.341. The molecule has 10 nitrogen and oxygen atoms in total. The van der Waals surface area contributed by atoms with E-state index in [4.69, 9.17) is 29.0 Å². The Kier molecular flexibility index (Phi) is 14.0. The lowest BCUT2D eigenvalue weighted by Gasteiger charge is -2.16. The fourth-order valence-corrected chi connectivity index (χ4v) is 7.60. The first-order valence-corrected chi connectivity index (χ1v) is 29.0. The van der Waals surface area contributed by atoms with Gasteiger partial charge in [0, 0.05) is 55.6 Å². The molecule has 0 bridgehead atoms. The first-order valence-electron chi connectivity index (χ1n) is 17.9. The number of rotatable bonds is 20. The highest BCUT2D eigenvalue weighted by atomic mass is 28.3. The van der Waals surface area contributed by atoms with Crippen LogP contribution in [0.25, 0.3) is 33.5 Å². The van der Waals surface area contributed by atoms with Gasteiger partial charge in [-0.1, -0.05) is 77.1 Å². The van der Waals surface area contributed by atoms with E-state index >= 15 is 4.39 Å². The smallest absolute Gasteiger partial charge is 0.189 e. The van der Waals surface area contributed by atoms with E-state index in [1.807, 2.05) is 27.4 Å². The molecule has 2 aromatic carbocycles. The van der Waals surface area contributed by atoms with Crippen LogP contribution >= 0.6 is 0 Å². The van der Waals surface area contributed by atoms with E-state index in [-0.39, 0.29) is 26.0 Å². The third-order valence-electron chi connectivity index (χ3n) is 8.53. The third kappa shape index (κ3) is 12.2. The van der Waals surface area contributed by atoms with Crippen molar-refractivity contribution in [3.8, 4) is 28.4 Å². The molecule has 0 atom stereocenters. The lowest BCUT2D eigenvalue weighted by molar-refractivity contribution is 0.0197. The summed E-state index contributed by atoms with van der Waals surface area (Å²) in [6, 6.07) is 12.5. The highest BCUT2D eigenvalue weighted by Crippen LogP contribution is 2.35. The molecule has 0 unspecified atom stereocenters. The van der Waals surface area contributed by atoms with Crippen molar-refractivity contribution in [1.82, 2.24) is 19.3 Å². The SMILES string of the molecule is CCc1cc(OCOCC[Si](C)(C)C)c(F)cc1-c1ccc2c(-c3nc(C=NO)cn3COCC[Si](C)(C)C)nn(COCC[Si](C)(C)C)c2c1. The van der Waals surface area contributed by atoms with Crippen LogP contribution in [0.2, 0.25) is 77.1 Å². The molecule has 2 heterocycles. The predicted molar refractivity (Wildman–Crippen MR) is 213 cm³/mol. The number of nitrogens with zero attached hydrogens (tertiary/aromatic N) is 5. The maximum atomic E-state index is 15.5. The average Bonchev–Trinajstić information content (AvgIpc) is 3.60. The van der Waals surface area contributed by atoms with E-state index in [2.05, 4.69) is 71.0 Å². The van der Waals surface area contributed by atoms with E-state index in [0.717, 1.165) is 45.7 Å². The summed E-state index contributed by atoms with van der Waals surface area (Å²) in [4.78, 5) is 4.77. The molecule has 280 valence electrons. The molecule has 0 spiro atoms. The van der Waals surface area contributed by atoms with Crippen molar-refractivity contribution < 1.29 is 28.5 Å². The molecule has 0 radical (unpaired) electrons. The van der Waals surface area contributed by atoms with Crippen molar-refractivity contribution in [3.05, 3.63) is 53.6 Å². The van der Waals surface area contributed by atoms with Crippen LogP contribution in [0.5, 0.6) is 5.75 Å². The first-order chi connectivity index (χ1) is 24.0. The molecule has 0 aliphatic heterocycles. The number of benzene rings is 2. The van der Waals surface area contributed by atoms with E-state index in [0.29, 0.717) is 43.5 Å². The Morgan fingerprint density at radius 2 is 1.47 bits per heavy atom. The molecule has 2 aromatic heterocycles. The van der Waals surface area contributed by atoms with Crippen LogP contribution in [0.3, 0.4) is 0 Å². The standard InChI is InChI=1S/C37H58FN5O5Si3/c1-11-28-21-35(48-27-47-16-19-51(8,9)10)33(38)22-32(28)29-12-13-31-34(20-29)43(26-46-15-18-50(5,6)7)41-36(31)37-40-30(23-39-44)24-42(37)25-45-14-17-49(2,3)4/h12-13,20-24,44H,11,14-19,25-27H2,1-10H3. The number of aryl methyl sites for hydroxylation is 1. The van der Waals surface area contributed by atoms with Gasteiger partial charge < -0.3 is 28.7 Å². The Bertz CT molecular complexity index is 1770. The van der Waals surface area contributed by atoms with Gasteiger partial charge in [0.2, 0.25) is 0 Å². The van der Waals surface area contributed by atoms with Crippen molar-refractivity contribution in [2.75, 3.05) is 26.6 Å². The third-order valence-corrected chi connectivity index (χ3v) is 13.6. The number of ether oxygens (including phenoxy) is 4. The van der Waals surface area contributed by atoms with Crippen LogP contribution in [-0.2, 0) is 34.1 Å². The second-order valence-corrected chi connectivity index (χ2v) is 33.6. The van der Waals surface area contributed by atoms with Crippen LogP contribution < -0.4 is 4.74 Å². The quantitative estimate of drug-likeness (QED) is 0.0239. The summed E-state index contributed by atoms with van der Waals surface area (Å²) in [7, 11) is -3.79. The average molecular weight is 756 g/mol. The maximum Gasteiger partial charge on any atom is 0.189 e. The van der Waals surface area contributed by atoms with Crippen molar-refractivity contribution in [2.45, 2.75) is 104 Å². The molecule has 0 fully saturated rings. The van der Waals surface area contributed by atoms with Gasteiger partial charge in [-0.25, -0.2) is 14.1 Å². The van der Waals surface area contributed by atoms with Gasteiger partial charge in [-0.05, 0) is 65.5 Å².